The molecule has 0 atom stereocenters. The molecule has 0 radical (unpaired) electrons. The fourth-order valence-corrected chi connectivity index (χ4v) is 2.66. The first kappa shape index (κ1) is 17.9. The third-order valence-corrected chi connectivity index (χ3v) is 4.18. The van der Waals surface area contributed by atoms with Crippen molar-refractivity contribution in [1.29, 1.82) is 0 Å². The van der Waals surface area contributed by atoms with Gasteiger partial charge in [-0.3, -0.25) is 4.79 Å². The van der Waals surface area contributed by atoms with Crippen LogP contribution >= 0.6 is 0 Å². The largest absolute Gasteiger partial charge is 0.465 e. The lowest BCUT2D eigenvalue weighted by atomic mass is 9.88. The Kier molecular flexibility index (Phi) is 5.55. The van der Waals surface area contributed by atoms with Gasteiger partial charge >= 0.3 is 5.97 Å². The van der Waals surface area contributed by atoms with E-state index in [-0.39, 0.29) is 11.7 Å². The van der Waals surface area contributed by atoms with Gasteiger partial charge < -0.3 is 4.74 Å². The lowest BCUT2D eigenvalue weighted by molar-refractivity contribution is 0.0600. The number of benzene rings is 2. The maximum atomic E-state index is 13.0. The number of hydrogen-bond acceptors (Lipinski definition) is 3. The van der Waals surface area contributed by atoms with Gasteiger partial charge in [0.25, 0.3) is 0 Å². The molecule has 0 amide bonds. The summed E-state index contributed by atoms with van der Waals surface area (Å²) in [5.41, 5.74) is 3.94. The van der Waals surface area contributed by atoms with Gasteiger partial charge in [0.1, 0.15) is 0 Å². The molecule has 0 spiro atoms. The van der Waals surface area contributed by atoms with Crippen LogP contribution in [0.4, 0.5) is 0 Å². The molecule has 24 heavy (non-hydrogen) atoms. The van der Waals surface area contributed by atoms with Gasteiger partial charge in [-0.2, -0.15) is 0 Å². The molecule has 0 saturated heterocycles. The second-order valence-corrected chi connectivity index (χ2v) is 6.55. The standard InChI is InChI=1S/C21H24O3/c1-13(2)17-10-11-18(14(3)4)19(12-17)20(22)15-6-8-16(9-7-15)21(23)24-5/h6-14H,1-5H3. The van der Waals surface area contributed by atoms with Crippen molar-refractivity contribution in [3.05, 3.63) is 70.3 Å². The van der Waals surface area contributed by atoms with Crippen molar-refractivity contribution >= 4 is 11.8 Å². The molecule has 0 bridgehead atoms. The Hall–Kier alpha value is -2.42. The molecule has 0 aromatic heterocycles. The number of carbonyl (C=O) groups excluding carboxylic acids is 2. The molecule has 2 aromatic carbocycles. The molecule has 3 heteroatoms. The van der Waals surface area contributed by atoms with Gasteiger partial charge in [0.2, 0.25) is 0 Å². The van der Waals surface area contributed by atoms with E-state index in [1.165, 1.54) is 7.11 Å². The smallest absolute Gasteiger partial charge is 0.337 e. The quantitative estimate of drug-likeness (QED) is 0.577. The summed E-state index contributed by atoms with van der Waals surface area (Å²) in [5.74, 6) is 0.204. The molecule has 0 aliphatic rings. The molecule has 0 saturated carbocycles. The Morgan fingerprint density at radius 2 is 1.42 bits per heavy atom. The summed E-state index contributed by atoms with van der Waals surface area (Å²) in [5, 5.41) is 0. The summed E-state index contributed by atoms with van der Waals surface area (Å²) in [6, 6.07) is 12.8. The van der Waals surface area contributed by atoms with Crippen LogP contribution in [0.3, 0.4) is 0 Å². The Bertz CT molecular complexity index is 740. The van der Waals surface area contributed by atoms with Crippen molar-refractivity contribution in [3.63, 3.8) is 0 Å². The Balaban J connectivity index is 2.44. The normalized spacial score (nSPS) is 11.0. The van der Waals surface area contributed by atoms with Gasteiger partial charge in [-0.25, -0.2) is 4.79 Å². The molecular weight excluding hydrogens is 300 g/mol. The van der Waals surface area contributed by atoms with E-state index in [2.05, 4.69) is 39.8 Å². The number of ketones is 1. The topological polar surface area (TPSA) is 43.4 Å². The van der Waals surface area contributed by atoms with Crippen molar-refractivity contribution < 1.29 is 14.3 Å². The zero-order chi connectivity index (χ0) is 17.9. The number of hydrogen-bond donors (Lipinski definition) is 0. The van der Waals surface area contributed by atoms with E-state index in [0.29, 0.717) is 17.0 Å². The first-order valence-corrected chi connectivity index (χ1v) is 8.22. The minimum atomic E-state index is -0.404. The van der Waals surface area contributed by atoms with Crippen molar-refractivity contribution in [2.75, 3.05) is 7.11 Å². The Morgan fingerprint density at radius 1 is 0.833 bits per heavy atom. The summed E-state index contributed by atoms with van der Waals surface area (Å²) < 4.78 is 4.69. The SMILES string of the molecule is COC(=O)c1ccc(C(=O)c2cc(C(C)C)ccc2C(C)C)cc1. The predicted octanol–water partition coefficient (Wildman–Crippen LogP) is 4.95. The Morgan fingerprint density at radius 3 is 1.92 bits per heavy atom. The van der Waals surface area contributed by atoms with Crippen LogP contribution in [0.15, 0.2) is 42.5 Å². The lowest BCUT2D eigenvalue weighted by Crippen LogP contribution is -2.09. The molecule has 3 nitrogen and oxygen atoms in total. The molecule has 126 valence electrons. The van der Waals surface area contributed by atoms with Crippen LogP contribution in [0.2, 0.25) is 0 Å². The van der Waals surface area contributed by atoms with Gasteiger partial charge in [-0.1, -0.05) is 52.0 Å². The minimum Gasteiger partial charge on any atom is -0.465 e. The molecule has 0 unspecified atom stereocenters. The summed E-state index contributed by atoms with van der Waals surface area (Å²) in [4.78, 5) is 24.5. The second-order valence-electron chi connectivity index (χ2n) is 6.55. The van der Waals surface area contributed by atoms with E-state index >= 15 is 0 Å². The number of rotatable bonds is 5. The third kappa shape index (κ3) is 3.73. The zero-order valence-electron chi connectivity index (χ0n) is 14.9. The van der Waals surface area contributed by atoms with E-state index in [1.807, 2.05) is 6.07 Å². The van der Waals surface area contributed by atoms with Gasteiger partial charge in [0.15, 0.2) is 5.78 Å². The average molecular weight is 324 g/mol. The first-order chi connectivity index (χ1) is 11.3. The van der Waals surface area contributed by atoms with Crippen LogP contribution < -0.4 is 0 Å². The van der Waals surface area contributed by atoms with Crippen LogP contribution in [0.1, 0.15) is 76.9 Å². The van der Waals surface area contributed by atoms with Gasteiger partial charge in [0, 0.05) is 11.1 Å². The first-order valence-electron chi connectivity index (χ1n) is 8.22. The maximum Gasteiger partial charge on any atom is 0.337 e. The highest BCUT2D eigenvalue weighted by Gasteiger charge is 2.18. The summed E-state index contributed by atoms with van der Waals surface area (Å²) in [6.07, 6.45) is 0. The zero-order valence-corrected chi connectivity index (χ0v) is 14.9. The van der Waals surface area contributed by atoms with Gasteiger partial charge in [-0.05, 0) is 41.2 Å². The average Bonchev–Trinajstić information content (AvgIpc) is 2.59. The van der Waals surface area contributed by atoms with Crippen LogP contribution in [0.5, 0.6) is 0 Å². The van der Waals surface area contributed by atoms with Crippen molar-refractivity contribution in [1.82, 2.24) is 0 Å². The lowest BCUT2D eigenvalue weighted by Gasteiger charge is -2.15. The fraction of sp³-hybridized carbons (Fsp3) is 0.333. The molecule has 2 rings (SSSR count). The molecule has 0 heterocycles. The van der Waals surface area contributed by atoms with Gasteiger partial charge in [-0.15, -0.1) is 0 Å². The highest BCUT2D eigenvalue weighted by atomic mass is 16.5. The Labute approximate surface area is 143 Å². The highest BCUT2D eigenvalue weighted by molar-refractivity contribution is 6.10. The van der Waals surface area contributed by atoms with Crippen LogP contribution in [0.25, 0.3) is 0 Å². The molecule has 0 aliphatic carbocycles. The van der Waals surface area contributed by atoms with E-state index in [0.717, 1.165) is 16.7 Å². The summed E-state index contributed by atoms with van der Waals surface area (Å²) in [6.45, 7) is 8.40. The highest BCUT2D eigenvalue weighted by Crippen LogP contribution is 2.26. The van der Waals surface area contributed by atoms with E-state index in [9.17, 15) is 9.59 Å². The van der Waals surface area contributed by atoms with Crippen LogP contribution in [-0.4, -0.2) is 18.9 Å². The third-order valence-electron chi connectivity index (χ3n) is 4.18. The van der Waals surface area contributed by atoms with Crippen LogP contribution in [-0.2, 0) is 4.74 Å². The summed E-state index contributed by atoms with van der Waals surface area (Å²) >= 11 is 0. The van der Waals surface area contributed by atoms with Crippen molar-refractivity contribution in [2.24, 2.45) is 0 Å². The maximum absolute atomic E-state index is 13.0. The predicted molar refractivity (Wildman–Crippen MR) is 95.8 cm³/mol. The fourth-order valence-electron chi connectivity index (χ4n) is 2.66. The van der Waals surface area contributed by atoms with E-state index < -0.39 is 5.97 Å². The number of ether oxygens (including phenoxy) is 1. The molecule has 2 aromatic rings. The van der Waals surface area contributed by atoms with Crippen molar-refractivity contribution in [3.8, 4) is 0 Å². The molecule has 0 fully saturated rings. The van der Waals surface area contributed by atoms with Gasteiger partial charge in [0.05, 0.1) is 12.7 Å². The van der Waals surface area contributed by atoms with E-state index in [1.54, 1.807) is 24.3 Å². The number of methoxy groups -OCH3 is 1. The second kappa shape index (κ2) is 7.43. The monoisotopic (exact) mass is 324 g/mol. The molecule has 0 aliphatic heterocycles. The molecular formula is C21H24O3. The molecule has 0 N–H and O–H groups in total. The summed E-state index contributed by atoms with van der Waals surface area (Å²) in [7, 11) is 1.34. The van der Waals surface area contributed by atoms with E-state index in [4.69, 9.17) is 4.74 Å². The number of esters is 1. The number of carbonyl (C=O) groups is 2. The minimum absolute atomic E-state index is 0.0161. The van der Waals surface area contributed by atoms with Crippen LogP contribution in [0, 0.1) is 0 Å². The van der Waals surface area contributed by atoms with Crippen molar-refractivity contribution in [2.45, 2.75) is 39.5 Å².